The molecule has 0 spiro atoms. The van der Waals surface area contributed by atoms with Crippen molar-refractivity contribution in [3.63, 3.8) is 0 Å². The van der Waals surface area contributed by atoms with E-state index in [-0.39, 0.29) is 23.7 Å². The van der Waals surface area contributed by atoms with E-state index in [9.17, 15) is 22.0 Å². The summed E-state index contributed by atoms with van der Waals surface area (Å²) in [5.74, 6) is -2.91. The lowest BCUT2D eigenvalue weighted by atomic mass is 10.2. The Labute approximate surface area is 149 Å². The molecule has 1 saturated heterocycles. The van der Waals surface area contributed by atoms with Crippen molar-refractivity contribution in [2.75, 3.05) is 31.6 Å². The average Bonchev–Trinajstić information content (AvgIpc) is 2.63. The molecular weight excluding hydrogens is 366 g/mol. The van der Waals surface area contributed by atoms with E-state index in [2.05, 4.69) is 5.32 Å². The molecule has 1 amide bonds. The van der Waals surface area contributed by atoms with Crippen molar-refractivity contribution < 1.29 is 26.7 Å². The van der Waals surface area contributed by atoms with Gasteiger partial charge in [0.25, 0.3) is 5.91 Å². The van der Waals surface area contributed by atoms with Crippen LogP contribution in [0, 0.1) is 11.6 Å². The number of nitrogens with one attached hydrogen (secondary N) is 1. The van der Waals surface area contributed by atoms with E-state index < -0.39 is 33.1 Å². The number of hydrogen-bond donors (Lipinski definition) is 1. The highest BCUT2D eigenvalue weighted by atomic mass is 32.2. The molecule has 1 aliphatic heterocycles. The maximum absolute atomic E-state index is 13.6. The molecule has 0 unspecified atom stereocenters. The van der Waals surface area contributed by atoms with Crippen LogP contribution in [0.5, 0.6) is 0 Å². The molecule has 2 aromatic rings. The van der Waals surface area contributed by atoms with E-state index in [4.69, 9.17) is 4.74 Å². The Morgan fingerprint density at radius 1 is 1.00 bits per heavy atom. The van der Waals surface area contributed by atoms with E-state index >= 15 is 0 Å². The van der Waals surface area contributed by atoms with Gasteiger partial charge in [-0.2, -0.15) is 4.31 Å². The van der Waals surface area contributed by atoms with Crippen molar-refractivity contribution in [3.8, 4) is 0 Å². The molecule has 2 aromatic carbocycles. The second kappa shape index (κ2) is 7.48. The van der Waals surface area contributed by atoms with Crippen molar-refractivity contribution in [2.24, 2.45) is 0 Å². The van der Waals surface area contributed by atoms with Crippen LogP contribution in [0.4, 0.5) is 14.5 Å². The van der Waals surface area contributed by atoms with Gasteiger partial charge >= 0.3 is 0 Å². The summed E-state index contributed by atoms with van der Waals surface area (Å²) in [6.07, 6.45) is 0. The first-order valence-electron chi connectivity index (χ1n) is 7.83. The normalized spacial score (nSPS) is 15.6. The molecule has 9 heteroatoms. The predicted octanol–water partition coefficient (Wildman–Crippen LogP) is 2.24. The Morgan fingerprint density at radius 2 is 1.58 bits per heavy atom. The molecule has 3 rings (SSSR count). The monoisotopic (exact) mass is 382 g/mol. The summed E-state index contributed by atoms with van der Waals surface area (Å²) in [4.78, 5) is 12.1. The zero-order chi connectivity index (χ0) is 18.7. The molecule has 1 heterocycles. The Morgan fingerprint density at radius 3 is 2.15 bits per heavy atom. The van der Waals surface area contributed by atoms with E-state index in [1.807, 2.05) is 0 Å². The number of ether oxygens (including phenoxy) is 1. The van der Waals surface area contributed by atoms with Crippen molar-refractivity contribution in [3.05, 3.63) is 59.7 Å². The average molecular weight is 382 g/mol. The summed E-state index contributed by atoms with van der Waals surface area (Å²) in [5.41, 5.74) is -0.476. The fourth-order valence-corrected chi connectivity index (χ4v) is 3.96. The standard InChI is InChI=1S/C17H16F2N2O4S/c18-14-2-1-3-15(19)16(14)17(22)20-12-4-6-13(7-5-12)26(23,24)21-8-10-25-11-9-21/h1-7H,8-11H2,(H,20,22). The number of morpholine rings is 1. The maximum Gasteiger partial charge on any atom is 0.261 e. The summed E-state index contributed by atoms with van der Waals surface area (Å²) in [5, 5.41) is 2.35. The lowest BCUT2D eigenvalue weighted by Crippen LogP contribution is -2.40. The number of sulfonamides is 1. The fraction of sp³-hybridized carbons (Fsp3) is 0.235. The van der Waals surface area contributed by atoms with Crippen LogP contribution in [0.1, 0.15) is 10.4 Å². The van der Waals surface area contributed by atoms with Gasteiger partial charge in [-0.3, -0.25) is 4.79 Å². The van der Waals surface area contributed by atoms with E-state index in [1.165, 1.54) is 28.6 Å². The van der Waals surface area contributed by atoms with Crippen molar-refractivity contribution in [1.29, 1.82) is 0 Å². The van der Waals surface area contributed by atoms with Crippen LogP contribution in [0.25, 0.3) is 0 Å². The quantitative estimate of drug-likeness (QED) is 0.880. The van der Waals surface area contributed by atoms with Gasteiger partial charge in [0.1, 0.15) is 17.2 Å². The lowest BCUT2D eigenvalue weighted by Gasteiger charge is -2.26. The van der Waals surface area contributed by atoms with Gasteiger partial charge in [-0.25, -0.2) is 17.2 Å². The second-order valence-corrected chi connectivity index (χ2v) is 7.53. The third kappa shape index (κ3) is 3.74. The van der Waals surface area contributed by atoms with Gasteiger partial charge < -0.3 is 10.1 Å². The number of carbonyl (C=O) groups excluding carboxylic acids is 1. The highest BCUT2D eigenvalue weighted by Crippen LogP contribution is 2.20. The molecule has 1 N–H and O–H groups in total. The zero-order valence-corrected chi connectivity index (χ0v) is 14.4. The molecule has 0 aromatic heterocycles. The summed E-state index contributed by atoms with van der Waals surface area (Å²) in [6.45, 7) is 1.21. The van der Waals surface area contributed by atoms with Crippen LogP contribution in [0.3, 0.4) is 0 Å². The summed E-state index contributed by atoms with van der Waals surface area (Å²) >= 11 is 0. The number of nitrogens with zero attached hydrogens (tertiary/aromatic N) is 1. The van der Waals surface area contributed by atoms with Gasteiger partial charge in [0.05, 0.1) is 18.1 Å². The highest BCUT2D eigenvalue weighted by Gasteiger charge is 2.26. The summed E-state index contributed by atoms with van der Waals surface area (Å²) < 4.78 is 58.8. The molecule has 0 bridgehead atoms. The molecule has 26 heavy (non-hydrogen) atoms. The van der Waals surface area contributed by atoms with Crippen molar-refractivity contribution in [2.45, 2.75) is 4.90 Å². The number of hydrogen-bond acceptors (Lipinski definition) is 4. The Hall–Kier alpha value is -2.36. The molecule has 1 fully saturated rings. The Balaban J connectivity index is 1.76. The van der Waals surface area contributed by atoms with Gasteiger partial charge in [0, 0.05) is 18.8 Å². The van der Waals surface area contributed by atoms with Gasteiger partial charge in [0.15, 0.2) is 0 Å². The lowest BCUT2D eigenvalue weighted by molar-refractivity contribution is 0.0730. The van der Waals surface area contributed by atoms with E-state index in [0.29, 0.717) is 13.2 Å². The maximum atomic E-state index is 13.6. The molecular formula is C17H16F2N2O4S. The number of anilines is 1. The van der Waals surface area contributed by atoms with Crippen molar-refractivity contribution >= 4 is 21.6 Å². The minimum atomic E-state index is -3.65. The largest absolute Gasteiger partial charge is 0.379 e. The molecule has 1 aliphatic rings. The number of halogens is 2. The van der Waals surface area contributed by atoms with E-state index in [0.717, 1.165) is 18.2 Å². The molecule has 0 aliphatic carbocycles. The minimum Gasteiger partial charge on any atom is -0.379 e. The molecule has 0 radical (unpaired) electrons. The predicted molar refractivity (Wildman–Crippen MR) is 90.3 cm³/mol. The smallest absolute Gasteiger partial charge is 0.261 e. The van der Waals surface area contributed by atoms with Crippen LogP contribution < -0.4 is 5.32 Å². The van der Waals surface area contributed by atoms with Gasteiger partial charge in [0.2, 0.25) is 10.0 Å². The summed E-state index contributed by atoms with van der Waals surface area (Å²) in [6, 6.07) is 8.52. The zero-order valence-electron chi connectivity index (χ0n) is 13.6. The summed E-state index contributed by atoms with van der Waals surface area (Å²) in [7, 11) is -3.65. The number of benzene rings is 2. The number of amides is 1. The topological polar surface area (TPSA) is 75.7 Å². The second-order valence-electron chi connectivity index (χ2n) is 5.59. The van der Waals surface area contributed by atoms with Crippen LogP contribution in [0.15, 0.2) is 47.4 Å². The minimum absolute atomic E-state index is 0.0643. The van der Waals surface area contributed by atoms with Gasteiger partial charge in [-0.05, 0) is 36.4 Å². The molecule has 0 atom stereocenters. The third-order valence-corrected chi connectivity index (χ3v) is 5.82. The molecule has 6 nitrogen and oxygen atoms in total. The van der Waals surface area contributed by atoms with Gasteiger partial charge in [-0.15, -0.1) is 0 Å². The number of rotatable bonds is 4. The molecule has 0 saturated carbocycles. The van der Waals surface area contributed by atoms with Crippen LogP contribution >= 0.6 is 0 Å². The SMILES string of the molecule is O=C(Nc1ccc(S(=O)(=O)N2CCOCC2)cc1)c1c(F)cccc1F. The first-order chi connectivity index (χ1) is 12.4. The Bertz CT molecular complexity index is 891. The number of carbonyl (C=O) groups is 1. The van der Waals surface area contributed by atoms with E-state index in [1.54, 1.807) is 0 Å². The highest BCUT2D eigenvalue weighted by molar-refractivity contribution is 7.89. The molecule has 138 valence electrons. The third-order valence-electron chi connectivity index (χ3n) is 3.91. The first-order valence-corrected chi connectivity index (χ1v) is 9.27. The van der Waals surface area contributed by atoms with Crippen LogP contribution in [-0.2, 0) is 14.8 Å². The van der Waals surface area contributed by atoms with Gasteiger partial charge in [-0.1, -0.05) is 6.07 Å². The Kier molecular flexibility index (Phi) is 5.30. The fourth-order valence-electron chi connectivity index (χ4n) is 2.55. The van der Waals surface area contributed by atoms with Crippen molar-refractivity contribution in [1.82, 2.24) is 4.31 Å². The van der Waals surface area contributed by atoms with Crippen LogP contribution in [-0.4, -0.2) is 44.9 Å². The van der Waals surface area contributed by atoms with Crippen LogP contribution in [0.2, 0.25) is 0 Å². The first kappa shape index (κ1) is 18.4.